The van der Waals surface area contributed by atoms with Crippen LogP contribution in [0.25, 0.3) is 16.7 Å². The smallest absolute Gasteiger partial charge is 0.331 e. The lowest BCUT2D eigenvalue weighted by Gasteiger charge is -2.12. The summed E-state index contributed by atoms with van der Waals surface area (Å²) < 4.78 is 12.1. The molecule has 3 aromatic heterocycles. The van der Waals surface area contributed by atoms with Gasteiger partial charge in [-0.2, -0.15) is 5.10 Å². The summed E-state index contributed by atoms with van der Waals surface area (Å²) in [6, 6.07) is 7.60. The highest BCUT2D eigenvalue weighted by Crippen LogP contribution is 2.35. The van der Waals surface area contributed by atoms with E-state index < -0.39 is 0 Å². The second-order valence-corrected chi connectivity index (χ2v) is 6.90. The number of aromatic nitrogens is 5. The number of imidazole rings is 1. The first-order chi connectivity index (χ1) is 13.1. The highest BCUT2D eigenvalue weighted by molar-refractivity contribution is 8.00. The van der Waals surface area contributed by atoms with E-state index in [1.54, 1.807) is 25.6 Å². The number of aromatic amines is 1. The molecular weight excluding hydrogens is 364 g/mol. The molecule has 138 valence electrons. The maximum atomic E-state index is 11.9. The molecule has 0 aliphatic carbocycles. The van der Waals surface area contributed by atoms with Crippen molar-refractivity contribution in [3.8, 4) is 11.6 Å². The largest absolute Gasteiger partial charge is 0.494 e. The molecule has 4 rings (SSSR count). The minimum atomic E-state index is -0.203. The SMILES string of the molecule is COc1ccc2cnn(C)c2c1NSc1ccc(-n2cc(C)[nH]c2=O)nc1. The molecule has 2 N–H and O–H groups in total. The first-order valence-corrected chi connectivity index (χ1v) is 9.04. The number of ether oxygens (including phenoxy) is 1. The van der Waals surface area contributed by atoms with Crippen LogP contribution in [-0.2, 0) is 7.05 Å². The molecule has 4 aromatic rings. The Labute approximate surface area is 159 Å². The Bertz CT molecular complexity index is 1160. The molecule has 9 heteroatoms. The van der Waals surface area contributed by atoms with E-state index in [-0.39, 0.29) is 5.69 Å². The van der Waals surface area contributed by atoms with Gasteiger partial charge in [-0.15, -0.1) is 0 Å². The molecule has 3 heterocycles. The fourth-order valence-electron chi connectivity index (χ4n) is 2.89. The Morgan fingerprint density at radius 1 is 1.22 bits per heavy atom. The summed E-state index contributed by atoms with van der Waals surface area (Å²) in [5, 5.41) is 5.33. The maximum absolute atomic E-state index is 11.9. The Balaban J connectivity index is 1.59. The average Bonchev–Trinajstić information content (AvgIpc) is 3.22. The summed E-state index contributed by atoms with van der Waals surface area (Å²) in [6.45, 7) is 1.83. The van der Waals surface area contributed by atoms with Crippen molar-refractivity contribution >= 4 is 28.5 Å². The van der Waals surface area contributed by atoms with E-state index in [0.29, 0.717) is 5.82 Å². The zero-order valence-corrected chi connectivity index (χ0v) is 15.9. The van der Waals surface area contributed by atoms with E-state index in [1.807, 2.05) is 43.0 Å². The lowest BCUT2D eigenvalue weighted by atomic mass is 10.2. The third-order valence-electron chi connectivity index (χ3n) is 4.17. The van der Waals surface area contributed by atoms with Gasteiger partial charge >= 0.3 is 5.69 Å². The van der Waals surface area contributed by atoms with Crippen molar-refractivity contribution in [2.75, 3.05) is 11.8 Å². The van der Waals surface area contributed by atoms with Crippen LogP contribution in [0.15, 0.2) is 52.5 Å². The van der Waals surface area contributed by atoms with Gasteiger partial charge in [0.05, 0.1) is 18.8 Å². The summed E-state index contributed by atoms with van der Waals surface area (Å²) in [5.74, 6) is 1.30. The zero-order chi connectivity index (χ0) is 19.0. The Hall–Kier alpha value is -3.20. The topological polar surface area (TPSA) is 89.8 Å². The average molecular weight is 382 g/mol. The molecule has 0 saturated carbocycles. The predicted molar refractivity (Wildman–Crippen MR) is 106 cm³/mol. The number of nitrogens with zero attached hydrogens (tertiary/aromatic N) is 4. The van der Waals surface area contributed by atoms with Crippen molar-refractivity contribution in [1.29, 1.82) is 0 Å². The molecule has 0 aliphatic heterocycles. The lowest BCUT2D eigenvalue weighted by Crippen LogP contribution is -2.15. The van der Waals surface area contributed by atoms with Crippen LogP contribution in [0.3, 0.4) is 0 Å². The first kappa shape index (κ1) is 17.2. The highest BCUT2D eigenvalue weighted by Gasteiger charge is 2.13. The number of pyridine rings is 1. The highest BCUT2D eigenvalue weighted by atomic mass is 32.2. The van der Waals surface area contributed by atoms with E-state index in [1.165, 1.54) is 16.5 Å². The molecule has 0 amide bonds. The molecule has 0 atom stereocenters. The summed E-state index contributed by atoms with van der Waals surface area (Å²) in [5.41, 5.74) is 2.40. The summed E-state index contributed by atoms with van der Waals surface area (Å²) in [4.78, 5) is 19.9. The van der Waals surface area contributed by atoms with Crippen molar-refractivity contribution in [3.63, 3.8) is 0 Å². The quantitative estimate of drug-likeness (QED) is 0.516. The van der Waals surface area contributed by atoms with E-state index in [9.17, 15) is 4.79 Å². The molecule has 1 aromatic carbocycles. The number of fused-ring (bicyclic) bond motifs is 1. The Morgan fingerprint density at radius 2 is 2.07 bits per heavy atom. The molecule has 0 fully saturated rings. The van der Waals surface area contributed by atoms with Crippen LogP contribution >= 0.6 is 11.9 Å². The van der Waals surface area contributed by atoms with Gasteiger partial charge in [0, 0.05) is 35.4 Å². The number of anilines is 1. The van der Waals surface area contributed by atoms with Gasteiger partial charge in [0.1, 0.15) is 17.3 Å². The minimum absolute atomic E-state index is 0.203. The predicted octanol–water partition coefficient (Wildman–Crippen LogP) is 2.88. The molecule has 0 aliphatic rings. The van der Waals surface area contributed by atoms with Gasteiger partial charge in [-0.25, -0.2) is 9.78 Å². The monoisotopic (exact) mass is 382 g/mol. The number of H-pyrrole nitrogens is 1. The molecule has 0 saturated heterocycles. The minimum Gasteiger partial charge on any atom is -0.494 e. The standard InChI is InChI=1S/C18H18N6O2S/c1-11-10-24(18(25)21-11)15-7-5-13(9-19-15)27-22-16-14(26-3)6-4-12-8-20-23(2)17(12)16/h4-10,22H,1-3H3,(H,21,25). The summed E-state index contributed by atoms with van der Waals surface area (Å²) >= 11 is 1.41. The number of methoxy groups -OCH3 is 1. The molecular formula is C18H18N6O2S. The Morgan fingerprint density at radius 3 is 2.74 bits per heavy atom. The number of rotatable bonds is 5. The van der Waals surface area contributed by atoms with Crippen molar-refractivity contribution in [1.82, 2.24) is 24.3 Å². The lowest BCUT2D eigenvalue weighted by molar-refractivity contribution is 0.417. The second-order valence-electron chi connectivity index (χ2n) is 6.02. The third-order valence-corrected chi connectivity index (χ3v) is 4.95. The van der Waals surface area contributed by atoms with Crippen LogP contribution < -0.4 is 15.1 Å². The van der Waals surface area contributed by atoms with Gasteiger partial charge < -0.3 is 14.4 Å². The van der Waals surface area contributed by atoms with Crippen LogP contribution in [-0.4, -0.2) is 31.4 Å². The van der Waals surface area contributed by atoms with Gasteiger partial charge in [-0.1, -0.05) is 0 Å². The third kappa shape index (κ3) is 3.17. The zero-order valence-electron chi connectivity index (χ0n) is 15.1. The van der Waals surface area contributed by atoms with Crippen molar-refractivity contribution < 1.29 is 4.74 Å². The van der Waals surface area contributed by atoms with Crippen molar-refractivity contribution in [3.05, 3.63) is 59.0 Å². The molecule has 0 spiro atoms. The molecule has 8 nitrogen and oxygen atoms in total. The number of nitrogens with one attached hydrogen (secondary N) is 2. The number of hydrogen-bond donors (Lipinski definition) is 2. The van der Waals surface area contributed by atoms with Gasteiger partial charge in [-0.05, 0) is 43.1 Å². The van der Waals surface area contributed by atoms with E-state index in [0.717, 1.165) is 32.9 Å². The van der Waals surface area contributed by atoms with Gasteiger partial charge in [0.2, 0.25) is 0 Å². The Kier molecular flexibility index (Phi) is 4.36. The number of hydrogen-bond acceptors (Lipinski definition) is 6. The maximum Gasteiger partial charge on any atom is 0.331 e. The number of benzene rings is 1. The first-order valence-electron chi connectivity index (χ1n) is 8.23. The fourth-order valence-corrected chi connectivity index (χ4v) is 3.54. The fraction of sp³-hybridized carbons (Fsp3) is 0.167. The van der Waals surface area contributed by atoms with Crippen LogP contribution in [0.4, 0.5) is 5.69 Å². The van der Waals surface area contributed by atoms with Gasteiger partial charge in [0.25, 0.3) is 0 Å². The van der Waals surface area contributed by atoms with E-state index >= 15 is 0 Å². The van der Waals surface area contributed by atoms with Crippen LogP contribution in [0.5, 0.6) is 5.75 Å². The van der Waals surface area contributed by atoms with Crippen molar-refractivity contribution in [2.45, 2.75) is 11.8 Å². The van der Waals surface area contributed by atoms with Gasteiger partial charge in [0.15, 0.2) is 0 Å². The molecule has 0 radical (unpaired) electrons. The summed E-state index contributed by atoms with van der Waals surface area (Å²) in [7, 11) is 3.53. The van der Waals surface area contributed by atoms with Gasteiger partial charge in [-0.3, -0.25) is 9.25 Å². The molecule has 27 heavy (non-hydrogen) atoms. The molecule has 0 bridgehead atoms. The van der Waals surface area contributed by atoms with E-state index in [2.05, 4.69) is 19.8 Å². The van der Waals surface area contributed by atoms with Crippen LogP contribution in [0.2, 0.25) is 0 Å². The second kappa shape index (κ2) is 6.84. The van der Waals surface area contributed by atoms with Crippen LogP contribution in [0, 0.1) is 6.92 Å². The molecule has 0 unspecified atom stereocenters. The van der Waals surface area contributed by atoms with Crippen LogP contribution in [0.1, 0.15) is 5.69 Å². The normalized spacial score (nSPS) is 11.1. The summed E-state index contributed by atoms with van der Waals surface area (Å²) in [6.07, 6.45) is 5.26. The van der Waals surface area contributed by atoms with E-state index in [4.69, 9.17) is 4.74 Å². The van der Waals surface area contributed by atoms with Crippen molar-refractivity contribution in [2.24, 2.45) is 7.05 Å². The number of aryl methyl sites for hydroxylation is 2.